The maximum Gasteiger partial charge on any atom is 0.160 e. The summed E-state index contributed by atoms with van der Waals surface area (Å²) in [5.41, 5.74) is 4.39. The molecule has 30 heavy (non-hydrogen) atoms. The zero-order valence-electron chi connectivity index (χ0n) is 16.7. The number of methoxy groups -OCH3 is 1. The molecule has 0 N–H and O–H groups in total. The number of ether oxygens (including phenoxy) is 1. The van der Waals surface area contributed by atoms with E-state index in [4.69, 9.17) is 9.72 Å². The van der Waals surface area contributed by atoms with E-state index in [1.807, 2.05) is 42.7 Å². The van der Waals surface area contributed by atoms with Crippen molar-refractivity contribution in [2.45, 2.75) is 19.5 Å². The molecule has 7 heteroatoms. The van der Waals surface area contributed by atoms with Crippen LogP contribution in [-0.4, -0.2) is 38.5 Å². The van der Waals surface area contributed by atoms with E-state index in [1.165, 1.54) is 10.4 Å². The van der Waals surface area contributed by atoms with E-state index in [0.717, 1.165) is 59.5 Å². The van der Waals surface area contributed by atoms with E-state index < -0.39 is 0 Å². The molecular formula is C23H21N5OS. The number of benzene rings is 1. The number of pyridine rings is 1. The summed E-state index contributed by atoms with van der Waals surface area (Å²) in [5.74, 6) is 1.60. The van der Waals surface area contributed by atoms with E-state index in [9.17, 15) is 0 Å². The first-order valence-corrected chi connectivity index (χ1v) is 10.7. The Hall–Kier alpha value is -3.16. The van der Waals surface area contributed by atoms with E-state index in [0.29, 0.717) is 0 Å². The fourth-order valence-electron chi connectivity index (χ4n) is 3.63. The maximum absolute atomic E-state index is 5.33. The van der Waals surface area contributed by atoms with Gasteiger partial charge in [0.1, 0.15) is 10.8 Å². The highest BCUT2D eigenvalue weighted by molar-refractivity contribution is 7.15. The molecule has 1 aromatic carbocycles. The second-order valence-electron chi connectivity index (χ2n) is 7.23. The predicted molar refractivity (Wildman–Crippen MR) is 117 cm³/mol. The van der Waals surface area contributed by atoms with E-state index in [2.05, 4.69) is 25.9 Å². The molecule has 150 valence electrons. The zero-order valence-corrected chi connectivity index (χ0v) is 17.5. The fourth-order valence-corrected chi connectivity index (χ4v) is 4.59. The molecule has 0 saturated heterocycles. The van der Waals surface area contributed by atoms with Crippen LogP contribution in [0.15, 0.2) is 61.2 Å². The predicted octanol–water partition coefficient (Wildman–Crippen LogP) is 4.23. The quantitative estimate of drug-likeness (QED) is 0.486. The van der Waals surface area contributed by atoms with Crippen LogP contribution >= 0.6 is 11.3 Å². The van der Waals surface area contributed by atoms with Crippen molar-refractivity contribution < 1.29 is 4.74 Å². The summed E-state index contributed by atoms with van der Waals surface area (Å²) in [4.78, 5) is 21.8. The Labute approximate surface area is 179 Å². The number of aromatic nitrogens is 4. The number of hydrogen-bond donors (Lipinski definition) is 0. The molecule has 0 atom stereocenters. The lowest BCUT2D eigenvalue weighted by molar-refractivity contribution is 0.245. The van der Waals surface area contributed by atoms with Crippen LogP contribution in [0, 0.1) is 0 Å². The molecule has 0 bridgehead atoms. The summed E-state index contributed by atoms with van der Waals surface area (Å²) in [6.07, 6.45) is 8.44. The molecule has 0 fully saturated rings. The van der Waals surface area contributed by atoms with Crippen LogP contribution in [0.1, 0.15) is 16.1 Å². The van der Waals surface area contributed by atoms with Gasteiger partial charge in [-0.3, -0.25) is 9.88 Å². The Morgan fingerprint density at radius 1 is 1.07 bits per heavy atom. The van der Waals surface area contributed by atoms with Gasteiger partial charge < -0.3 is 4.74 Å². The largest absolute Gasteiger partial charge is 0.497 e. The molecule has 0 aliphatic carbocycles. The lowest BCUT2D eigenvalue weighted by Crippen LogP contribution is -2.30. The number of fused-ring (bicyclic) bond motifs is 1. The zero-order chi connectivity index (χ0) is 20.3. The van der Waals surface area contributed by atoms with Crippen molar-refractivity contribution in [2.75, 3.05) is 13.7 Å². The Kier molecular flexibility index (Phi) is 5.21. The summed E-state index contributed by atoms with van der Waals surface area (Å²) in [5, 5.41) is 1.02. The third-order valence-corrected chi connectivity index (χ3v) is 6.21. The molecule has 4 aromatic rings. The van der Waals surface area contributed by atoms with Crippen molar-refractivity contribution in [1.29, 1.82) is 0 Å². The number of hydrogen-bond acceptors (Lipinski definition) is 7. The number of rotatable bonds is 5. The summed E-state index contributed by atoms with van der Waals surface area (Å²) in [7, 11) is 1.68. The average Bonchev–Trinajstić information content (AvgIpc) is 3.28. The van der Waals surface area contributed by atoms with Crippen molar-refractivity contribution in [2.24, 2.45) is 0 Å². The monoisotopic (exact) mass is 415 g/mol. The second kappa shape index (κ2) is 8.30. The molecule has 1 aliphatic heterocycles. The van der Waals surface area contributed by atoms with Gasteiger partial charge in [0.2, 0.25) is 0 Å². The van der Waals surface area contributed by atoms with Crippen LogP contribution in [0.4, 0.5) is 0 Å². The SMILES string of the molecule is COc1cccc(-c2ncc(CN3CCc4nc(-c5cccnc5)ncc4C3)s2)c1. The normalized spacial score (nSPS) is 13.8. The van der Waals surface area contributed by atoms with Crippen molar-refractivity contribution in [3.63, 3.8) is 0 Å². The topological polar surface area (TPSA) is 64.0 Å². The molecular weight excluding hydrogens is 394 g/mol. The van der Waals surface area contributed by atoms with Crippen LogP contribution in [0.5, 0.6) is 5.75 Å². The summed E-state index contributed by atoms with van der Waals surface area (Å²) < 4.78 is 5.33. The van der Waals surface area contributed by atoms with Crippen molar-refractivity contribution in [1.82, 2.24) is 24.8 Å². The van der Waals surface area contributed by atoms with Crippen LogP contribution < -0.4 is 4.74 Å². The lowest BCUT2D eigenvalue weighted by Gasteiger charge is -2.27. The molecule has 0 radical (unpaired) electrons. The van der Waals surface area contributed by atoms with Crippen molar-refractivity contribution in [3.05, 3.63) is 77.3 Å². The van der Waals surface area contributed by atoms with Crippen molar-refractivity contribution in [3.8, 4) is 27.7 Å². The first-order valence-electron chi connectivity index (χ1n) is 9.85. The van der Waals surface area contributed by atoms with Gasteiger partial charge in [0.25, 0.3) is 0 Å². The number of nitrogens with zero attached hydrogens (tertiary/aromatic N) is 5. The highest BCUT2D eigenvalue weighted by Gasteiger charge is 2.20. The van der Waals surface area contributed by atoms with E-state index >= 15 is 0 Å². The van der Waals surface area contributed by atoms with Gasteiger partial charge in [-0.2, -0.15) is 0 Å². The van der Waals surface area contributed by atoms with Gasteiger partial charge in [0, 0.05) is 72.4 Å². The third kappa shape index (κ3) is 3.94. The highest BCUT2D eigenvalue weighted by atomic mass is 32.1. The smallest absolute Gasteiger partial charge is 0.160 e. The average molecular weight is 416 g/mol. The Balaban J connectivity index is 1.28. The number of thiazole rings is 1. The first-order chi connectivity index (χ1) is 14.8. The summed E-state index contributed by atoms with van der Waals surface area (Å²) in [6.45, 7) is 2.71. The standard InChI is InChI=1S/C23H21N5OS/c1-29-19-6-2-4-16(10-19)23-26-13-20(30-23)15-28-9-7-21-18(14-28)12-25-22(27-21)17-5-3-8-24-11-17/h2-6,8,10-13H,7,9,14-15H2,1H3. The molecule has 6 nitrogen and oxygen atoms in total. The van der Waals surface area contributed by atoms with Crippen molar-refractivity contribution >= 4 is 11.3 Å². The molecule has 3 aromatic heterocycles. The van der Waals surface area contributed by atoms with Crippen LogP contribution in [0.2, 0.25) is 0 Å². The van der Waals surface area contributed by atoms with Crippen LogP contribution in [0.25, 0.3) is 22.0 Å². The van der Waals surface area contributed by atoms with Gasteiger partial charge in [-0.25, -0.2) is 15.0 Å². The summed E-state index contributed by atoms with van der Waals surface area (Å²) >= 11 is 1.73. The Morgan fingerprint density at radius 2 is 2.00 bits per heavy atom. The molecule has 0 unspecified atom stereocenters. The molecule has 4 heterocycles. The molecule has 0 spiro atoms. The van der Waals surface area contributed by atoms with Crippen LogP contribution in [0.3, 0.4) is 0 Å². The maximum atomic E-state index is 5.33. The van der Waals surface area contributed by atoms with Gasteiger partial charge >= 0.3 is 0 Å². The van der Waals surface area contributed by atoms with Gasteiger partial charge in [0.05, 0.1) is 12.8 Å². The highest BCUT2D eigenvalue weighted by Crippen LogP contribution is 2.29. The van der Waals surface area contributed by atoms with Gasteiger partial charge in [-0.1, -0.05) is 12.1 Å². The first kappa shape index (κ1) is 18.8. The van der Waals surface area contributed by atoms with E-state index in [-0.39, 0.29) is 0 Å². The minimum atomic E-state index is 0.751. The third-order valence-electron chi connectivity index (χ3n) is 5.18. The second-order valence-corrected chi connectivity index (χ2v) is 8.35. The van der Waals surface area contributed by atoms with Gasteiger partial charge in [-0.15, -0.1) is 11.3 Å². The minimum Gasteiger partial charge on any atom is -0.497 e. The minimum absolute atomic E-state index is 0.751. The van der Waals surface area contributed by atoms with Gasteiger partial charge in [-0.05, 0) is 24.3 Å². The Morgan fingerprint density at radius 3 is 2.87 bits per heavy atom. The lowest BCUT2D eigenvalue weighted by atomic mass is 10.1. The molecule has 0 saturated carbocycles. The van der Waals surface area contributed by atoms with Gasteiger partial charge in [0.15, 0.2) is 5.82 Å². The molecule has 1 aliphatic rings. The van der Waals surface area contributed by atoms with Crippen LogP contribution in [-0.2, 0) is 19.5 Å². The van der Waals surface area contributed by atoms with E-state index in [1.54, 1.807) is 30.8 Å². The molecule has 5 rings (SSSR count). The fraction of sp³-hybridized carbons (Fsp3) is 0.217. The Bertz CT molecular complexity index is 1160. The summed E-state index contributed by atoms with van der Waals surface area (Å²) in [6, 6.07) is 11.9. The molecule has 0 amide bonds.